The molecule has 0 amide bonds. The number of pyridine rings is 1. The van der Waals surface area contributed by atoms with E-state index in [-0.39, 0.29) is 11.4 Å². The van der Waals surface area contributed by atoms with Crippen LogP contribution >= 0.6 is 11.6 Å². The van der Waals surface area contributed by atoms with E-state index in [1.807, 2.05) is 0 Å². The number of aromatic carboxylic acids is 1. The molecular weight excluding hydrogens is 196 g/mol. The summed E-state index contributed by atoms with van der Waals surface area (Å²) in [5.41, 5.74) is 0.238. The molecule has 2 aromatic rings. The highest BCUT2D eigenvalue weighted by atomic mass is 35.5. The fourth-order valence-electron chi connectivity index (χ4n) is 0.964. The van der Waals surface area contributed by atoms with Crippen LogP contribution in [0.15, 0.2) is 16.8 Å². The summed E-state index contributed by atoms with van der Waals surface area (Å²) in [4.78, 5) is 14.4. The molecular formula is C7H3ClN2O3. The van der Waals surface area contributed by atoms with Crippen molar-refractivity contribution in [3.05, 3.63) is 23.0 Å². The molecule has 1 N–H and O–H groups in total. The van der Waals surface area contributed by atoms with E-state index in [0.717, 1.165) is 0 Å². The standard InChI is InChI=1S/C7H3ClN2O3/c8-3-1-4-5(7(11)12)13-10-6(4)9-2-3/h1-2H,(H,11,12). The van der Waals surface area contributed by atoms with Crippen molar-refractivity contribution in [3.63, 3.8) is 0 Å². The van der Waals surface area contributed by atoms with E-state index >= 15 is 0 Å². The molecule has 0 atom stereocenters. The predicted molar refractivity (Wildman–Crippen MR) is 43.8 cm³/mol. The van der Waals surface area contributed by atoms with Crippen LogP contribution in [0.4, 0.5) is 0 Å². The summed E-state index contributed by atoms with van der Waals surface area (Å²) >= 11 is 5.63. The number of nitrogens with zero attached hydrogens (tertiary/aromatic N) is 2. The first kappa shape index (κ1) is 8.00. The number of fused-ring (bicyclic) bond motifs is 1. The van der Waals surface area contributed by atoms with Crippen molar-refractivity contribution in [2.75, 3.05) is 0 Å². The molecule has 2 heterocycles. The molecule has 5 nitrogen and oxygen atoms in total. The first-order chi connectivity index (χ1) is 6.18. The van der Waals surface area contributed by atoms with Gasteiger partial charge in [-0.3, -0.25) is 0 Å². The lowest BCUT2D eigenvalue weighted by Gasteiger charge is -1.88. The number of carbonyl (C=O) groups is 1. The smallest absolute Gasteiger partial charge is 0.375 e. The largest absolute Gasteiger partial charge is 0.475 e. The summed E-state index contributed by atoms with van der Waals surface area (Å²) in [6.07, 6.45) is 1.37. The molecule has 0 aliphatic heterocycles. The van der Waals surface area contributed by atoms with Crippen LogP contribution in [0.3, 0.4) is 0 Å². The Morgan fingerprint density at radius 2 is 2.38 bits per heavy atom. The zero-order valence-corrected chi connectivity index (χ0v) is 6.95. The van der Waals surface area contributed by atoms with Crippen LogP contribution in [-0.4, -0.2) is 21.2 Å². The molecule has 0 fully saturated rings. The molecule has 0 saturated carbocycles. The molecule has 0 radical (unpaired) electrons. The molecule has 6 heteroatoms. The Morgan fingerprint density at radius 1 is 1.62 bits per heavy atom. The first-order valence-corrected chi connectivity index (χ1v) is 3.70. The SMILES string of the molecule is O=C(O)c1onc2ncc(Cl)cc12. The van der Waals surface area contributed by atoms with Gasteiger partial charge in [-0.25, -0.2) is 9.78 Å². The number of halogens is 1. The van der Waals surface area contributed by atoms with E-state index in [1.54, 1.807) is 0 Å². The van der Waals surface area contributed by atoms with E-state index in [9.17, 15) is 4.79 Å². The van der Waals surface area contributed by atoms with Gasteiger partial charge >= 0.3 is 5.97 Å². The van der Waals surface area contributed by atoms with E-state index in [4.69, 9.17) is 16.7 Å². The molecule has 66 valence electrons. The second kappa shape index (κ2) is 2.70. The third-order valence-electron chi connectivity index (χ3n) is 1.50. The molecule has 2 rings (SSSR count). The van der Waals surface area contributed by atoms with E-state index < -0.39 is 5.97 Å². The molecule has 0 saturated heterocycles. The third-order valence-corrected chi connectivity index (χ3v) is 1.70. The number of rotatable bonds is 1. The maximum atomic E-state index is 10.6. The van der Waals surface area contributed by atoms with E-state index in [2.05, 4.69) is 14.7 Å². The van der Waals surface area contributed by atoms with Gasteiger partial charge in [-0.05, 0) is 6.07 Å². The van der Waals surface area contributed by atoms with Gasteiger partial charge < -0.3 is 9.63 Å². The molecule has 2 aromatic heterocycles. The van der Waals surface area contributed by atoms with Crippen LogP contribution in [0, 0.1) is 0 Å². The Kier molecular flexibility index (Phi) is 1.66. The lowest BCUT2D eigenvalue weighted by atomic mass is 10.3. The molecule has 13 heavy (non-hydrogen) atoms. The summed E-state index contributed by atoms with van der Waals surface area (Å²) in [6, 6.07) is 1.45. The topological polar surface area (TPSA) is 76.2 Å². The van der Waals surface area contributed by atoms with E-state index in [0.29, 0.717) is 10.4 Å². The van der Waals surface area contributed by atoms with Gasteiger partial charge in [-0.2, -0.15) is 0 Å². The first-order valence-electron chi connectivity index (χ1n) is 3.32. The Balaban J connectivity index is 2.79. The quantitative estimate of drug-likeness (QED) is 0.753. The minimum Gasteiger partial charge on any atom is -0.475 e. The van der Waals surface area contributed by atoms with Crippen LogP contribution < -0.4 is 0 Å². The van der Waals surface area contributed by atoms with Crippen molar-refractivity contribution in [2.24, 2.45) is 0 Å². The van der Waals surface area contributed by atoms with Gasteiger partial charge in [0.15, 0.2) is 0 Å². The van der Waals surface area contributed by atoms with Crippen molar-refractivity contribution in [3.8, 4) is 0 Å². The zero-order valence-electron chi connectivity index (χ0n) is 6.19. The van der Waals surface area contributed by atoms with Gasteiger partial charge in [0.25, 0.3) is 5.76 Å². The highest BCUT2D eigenvalue weighted by Crippen LogP contribution is 2.19. The van der Waals surface area contributed by atoms with E-state index in [1.165, 1.54) is 12.3 Å². The van der Waals surface area contributed by atoms with Crippen LogP contribution in [0.2, 0.25) is 5.02 Å². The monoisotopic (exact) mass is 198 g/mol. The van der Waals surface area contributed by atoms with Crippen molar-refractivity contribution < 1.29 is 14.4 Å². The normalized spacial score (nSPS) is 10.5. The summed E-state index contributed by atoms with van der Waals surface area (Å²) in [5, 5.41) is 12.8. The number of aromatic nitrogens is 2. The molecule has 0 spiro atoms. The summed E-state index contributed by atoms with van der Waals surface area (Å²) in [7, 11) is 0. The Labute approximate surface area is 76.9 Å². The fourth-order valence-corrected chi connectivity index (χ4v) is 1.12. The van der Waals surface area contributed by atoms with Gasteiger partial charge in [-0.15, -0.1) is 0 Å². The number of carboxylic acids is 1. The Morgan fingerprint density at radius 3 is 3.08 bits per heavy atom. The lowest BCUT2D eigenvalue weighted by molar-refractivity contribution is 0.0655. The third kappa shape index (κ3) is 1.23. The van der Waals surface area contributed by atoms with Gasteiger partial charge in [0.1, 0.15) is 0 Å². The minimum absolute atomic E-state index is 0.238. The lowest BCUT2D eigenvalue weighted by Crippen LogP contribution is -1.93. The predicted octanol–water partition coefficient (Wildman–Crippen LogP) is 1.57. The number of hydrogen-bond acceptors (Lipinski definition) is 4. The van der Waals surface area contributed by atoms with Crippen molar-refractivity contribution in [2.45, 2.75) is 0 Å². The highest BCUT2D eigenvalue weighted by molar-refractivity contribution is 6.31. The zero-order chi connectivity index (χ0) is 9.42. The maximum absolute atomic E-state index is 10.6. The molecule has 0 unspecified atom stereocenters. The Hall–Kier alpha value is -1.62. The molecule has 0 bridgehead atoms. The van der Waals surface area contributed by atoms with Crippen molar-refractivity contribution >= 4 is 28.6 Å². The van der Waals surface area contributed by atoms with Gasteiger partial charge in [0.2, 0.25) is 5.65 Å². The molecule has 0 aromatic carbocycles. The average Bonchev–Trinajstić information content (AvgIpc) is 2.46. The second-order valence-corrected chi connectivity index (χ2v) is 2.78. The molecule has 0 aliphatic carbocycles. The fraction of sp³-hybridized carbons (Fsp3) is 0. The molecule has 0 aliphatic rings. The van der Waals surface area contributed by atoms with Gasteiger partial charge in [0, 0.05) is 6.20 Å². The second-order valence-electron chi connectivity index (χ2n) is 2.34. The minimum atomic E-state index is -1.19. The average molecular weight is 199 g/mol. The summed E-state index contributed by atoms with van der Waals surface area (Å²) in [6.45, 7) is 0. The number of hydrogen-bond donors (Lipinski definition) is 1. The number of carboxylic acid groups (broad SMARTS) is 1. The summed E-state index contributed by atoms with van der Waals surface area (Å²) in [5.74, 6) is -1.43. The van der Waals surface area contributed by atoms with Crippen LogP contribution in [-0.2, 0) is 0 Å². The van der Waals surface area contributed by atoms with Crippen LogP contribution in [0.5, 0.6) is 0 Å². The Bertz CT molecular complexity index is 480. The van der Waals surface area contributed by atoms with Crippen LogP contribution in [0.25, 0.3) is 11.0 Å². The highest BCUT2D eigenvalue weighted by Gasteiger charge is 2.15. The van der Waals surface area contributed by atoms with Gasteiger partial charge in [0.05, 0.1) is 10.4 Å². The van der Waals surface area contributed by atoms with Gasteiger partial charge in [-0.1, -0.05) is 16.8 Å². The van der Waals surface area contributed by atoms with Crippen LogP contribution in [0.1, 0.15) is 10.6 Å². The summed E-state index contributed by atoms with van der Waals surface area (Å²) < 4.78 is 4.56. The maximum Gasteiger partial charge on any atom is 0.375 e. The van der Waals surface area contributed by atoms with Crippen molar-refractivity contribution in [1.82, 2.24) is 10.1 Å². The van der Waals surface area contributed by atoms with Crippen molar-refractivity contribution in [1.29, 1.82) is 0 Å².